The summed E-state index contributed by atoms with van der Waals surface area (Å²) >= 11 is 6.27. The summed E-state index contributed by atoms with van der Waals surface area (Å²) in [6.07, 6.45) is -0.801. The van der Waals surface area contributed by atoms with Gasteiger partial charge in [0, 0.05) is 18.7 Å². The zero-order valence-corrected chi connectivity index (χ0v) is 18.0. The lowest BCUT2D eigenvalue weighted by Gasteiger charge is -2.37. The molecule has 5 rings (SSSR count). The predicted octanol–water partition coefficient (Wildman–Crippen LogP) is 3.87. The van der Waals surface area contributed by atoms with E-state index in [-0.39, 0.29) is 24.1 Å². The number of hydrogen-bond acceptors (Lipinski definition) is 5. The summed E-state index contributed by atoms with van der Waals surface area (Å²) in [6, 6.07) is 17.8. The molecule has 0 radical (unpaired) electrons. The average Bonchev–Trinajstić information content (AvgIpc) is 3.33. The lowest BCUT2D eigenvalue weighted by atomic mass is 10.1. The fourth-order valence-electron chi connectivity index (χ4n) is 3.93. The number of ether oxygens (including phenoxy) is 2. The van der Waals surface area contributed by atoms with Crippen molar-refractivity contribution >= 4 is 29.1 Å². The Hall–Kier alpha value is -3.29. The second kappa shape index (κ2) is 8.68. The van der Waals surface area contributed by atoms with E-state index in [1.165, 1.54) is 4.90 Å². The summed E-state index contributed by atoms with van der Waals surface area (Å²) in [5.74, 6) is 0.642. The number of anilines is 1. The van der Waals surface area contributed by atoms with Gasteiger partial charge < -0.3 is 18.8 Å². The maximum absolute atomic E-state index is 13.4. The van der Waals surface area contributed by atoms with Crippen molar-refractivity contribution in [3.63, 3.8) is 0 Å². The van der Waals surface area contributed by atoms with Gasteiger partial charge in [-0.15, -0.1) is 0 Å². The number of nitrogens with zero attached hydrogens (tertiary/aromatic N) is 2. The van der Waals surface area contributed by atoms with Crippen LogP contribution in [0.4, 0.5) is 5.69 Å². The molecule has 1 aromatic heterocycles. The maximum atomic E-state index is 13.4. The molecule has 0 spiro atoms. The molecule has 164 valence electrons. The highest BCUT2D eigenvalue weighted by atomic mass is 35.5. The molecule has 2 aliphatic heterocycles. The summed E-state index contributed by atoms with van der Waals surface area (Å²) in [6.45, 7) is 2.10. The number of carbonyl (C=O) groups is 2. The van der Waals surface area contributed by atoms with Crippen LogP contribution in [-0.2, 0) is 9.53 Å². The van der Waals surface area contributed by atoms with Crippen molar-refractivity contribution in [3.05, 3.63) is 71.4 Å². The quantitative estimate of drug-likeness (QED) is 0.603. The summed E-state index contributed by atoms with van der Waals surface area (Å²) in [7, 11) is 0. The van der Waals surface area contributed by atoms with Gasteiger partial charge in [-0.2, -0.15) is 0 Å². The minimum absolute atomic E-state index is 0.0914. The minimum Gasteiger partial charge on any atom is -0.476 e. The first-order chi connectivity index (χ1) is 15.6. The Bertz CT molecular complexity index is 1150. The zero-order chi connectivity index (χ0) is 22.1. The number of furan rings is 1. The van der Waals surface area contributed by atoms with E-state index < -0.39 is 6.10 Å². The summed E-state index contributed by atoms with van der Waals surface area (Å²) in [5, 5.41) is 0.536. The Labute approximate surface area is 190 Å². The zero-order valence-electron chi connectivity index (χ0n) is 17.2. The number of rotatable bonds is 3. The van der Waals surface area contributed by atoms with E-state index in [2.05, 4.69) is 0 Å². The van der Waals surface area contributed by atoms with Crippen LogP contribution in [0.25, 0.3) is 11.3 Å². The van der Waals surface area contributed by atoms with Crippen LogP contribution in [0.15, 0.2) is 65.1 Å². The van der Waals surface area contributed by atoms with E-state index in [1.54, 1.807) is 35.2 Å². The lowest BCUT2D eigenvalue weighted by Crippen LogP contribution is -2.54. The molecule has 7 nitrogen and oxygen atoms in total. The summed E-state index contributed by atoms with van der Waals surface area (Å²) in [4.78, 5) is 29.8. The van der Waals surface area contributed by atoms with Gasteiger partial charge in [-0.25, -0.2) is 0 Å². The molecule has 3 heterocycles. The van der Waals surface area contributed by atoms with Gasteiger partial charge in [0.15, 0.2) is 11.9 Å². The highest BCUT2D eigenvalue weighted by Gasteiger charge is 2.37. The molecule has 0 saturated carbocycles. The molecular weight excluding hydrogens is 432 g/mol. The Morgan fingerprint density at radius 1 is 0.938 bits per heavy atom. The predicted molar refractivity (Wildman–Crippen MR) is 119 cm³/mol. The first kappa shape index (κ1) is 20.6. The molecule has 0 N–H and O–H groups in total. The molecule has 2 aromatic carbocycles. The molecule has 1 fully saturated rings. The highest BCUT2D eigenvalue weighted by Crippen LogP contribution is 2.36. The minimum atomic E-state index is -0.801. The van der Waals surface area contributed by atoms with Gasteiger partial charge in [0.2, 0.25) is 0 Å². The van der Waals surface area contributed by atoms with Crippen LogP contribution in [0, 0.1) is 0 Å². The monoisotopic (exact) mass is 452 g/mol. The third-order valence-corrected chi connectivity index (χ3v) is 5.90. The normalized spacial score (nSPS) is 18.1. The lowest BCUT2D eigenvalue weighted by molar-refractivity contribution is -0.142. The first-order valence-corrected chi connectivity index (χ1v) is 10.8. The van der Waals surface area contributed by atoms with Gasteiger partial charge >= 0.3 is 0 Å². The fourth-order valence-corrected chi connectivity index (χ4v) is 4.16. The van der Waals surface area contributed by atoms with E-state index in [9.17, 15) is 9.59 Å². The van der Waals surface area contributed by atoms with Crippen LogP contribution in [0.3, 0.4) is 0 Å². The number of fused-ring (bicyclic) bond motifs is 1. The number of morpholine rings is 1. The van der Waals surface area contributed by atoms with Gasteiger partial charge in [-0.1, -0.05) is 35.9 Å². The molecule has 32 heavy (non-hydrogen) atoms. The van der Waals surface area contributed by atoms with Crippen molar-refractivity contribution in [2.24, 2.45) is 0 Å². The first-order valence-electron chi connectivity index (χ1n) is 10.4. The standard InChI is InChI=1S/C24H21ClN2O5/c25-17-6-2-1-5-16(17)19-9-10-21(31-19)24(29)27-15-22(23(28)26-11-13-30-14-12-26)32-20-8-4-3-7-18(20)27/h1-10,22H,11-15H2/t22-/m0/s1. The second-order valence-electron chi connectivity index (χ2n) is 7.57. The summed E-state index contributed by atoms with van der Waals surface area (Å²) in [5.41, 5.74) is 1.30. The van der Waals surface area contributed by atoms with Crippen LogP contribution in [0.5, 0.6) is 5.75 Å². The van der Waals surface area contributed by atoms with Crippen LogP contribution < -0.4 is 9.64 Å². The number of carbonyl (C=O) groups excluding carboxylic acids is 2. The van der Waals surface area contributed by atoms with Crippen LogP contribution in [-0.4, -0.2) is 55.7 Å². The SMILES string of the molecule is O=C([C@@H]1CN(C(=O)c2ccc(-c3ccccc3Cl)o2)c2ccccc2O1)N1CCOCC1. The molecule has 8 heteroatoms. The molecule has 0 aliphatic carbocycles. The van der Waals surface area contributed by atoms with Crippen molar-refractivity contribution in [2.75, 3.05) is 37.7 Å². The van der Waals surface area contributed by atoms with Crippen LogP contribution in [0.2, 0.25) is 5.02 Å². The number of halogens is 1. The van der Waals surface area contributed by atoms with Gasteiger partial charge in [-0.3, -0.25) is 14.5 Å². The Morgan fingerprint density at radius 2 is 1.69 bits per heavy atom. The Morgan fingerprint density at radius 3 is 2.50 bits per heavy atom. The van der Waals surface area contributed by atoms with E-state index >= 15 is 0 Å². The van der Waals surface area contributed by atoms with Crippen LogP contribution >= 0.6 is 11.6 Å². The second-order valence-corrected chi connectivity index (χ2v) is 7.98. The van der Waals surface area contributed by atoms with Gasteiger partial charge in [0.25, 0.3) is 11.8 Å². The van der Waals surface area contributed by atoms with Gasteiger partial charge in [-0.05, 0) is 36.4 Å². The molecule has 1 atom stereocenters. The van der Waals surface area contributed by atoms with Gasteiger partial charge in [0.05, 0.1) is 30.5 Å². The third-order valence-electron chi connectivity index (χ3n) is 5.57. The smallest absolute Gasteiger partial charge is 0.294 e. The molecular formula is C24H21ClN2O5. The van der Waals surface area contributed by atoms with E-state index in [0.717, 1.165) is 0 Å². The average molecular weight is 453 g/mol. The molecule has 0 bridgehead atoms. The van der Waals surface area contributed by atoms with Crippen molar-refractivity contribution in [1.29, 1.82) is 0 Å². The number of para-hydroxylation sites is 2. The topological polar surface area (TPSA) is 72.2 Å². The highest BCUT2D eigenvalue weighted by molar-refractivity contribution is 6.33. The largest absolute Gasteiger partial charge is 0.476 e. The number of hydrogen-bond donors (Lipinski definition) is 0. The van der Waals surface area contributed by atoms with Crippen molar-refractivity contribution in [3.8, 4) is 17.1 Å². The van der Waals surface area contributed by atoms with Crippen molar-refractivity contribution in [1.82, 2.24) is 4.90 Å². The van der Waals surface area contributed by atoms with E-state index in [1.807, 2.05) is 30.3 Å². The third kappa shape index (κ3) is 3.85. The number of benzene rings is 2. The van der Waals surface area contributed by atoms with Crippen molar-refractivity contribution < 1.29 is 23.5 Å². The summed E-state index contributed by atoms with van der Waals surface area (Å²) < 4.78 is 17.2. The molecule has 1 saturated heterocycles. The van der Waals surface area contributed by atoms with E-state index in [0.29, 0.717) is 54.1 Å². The molecule has 2 aliphatic rings. The van der Waals surface area contributed by atoms with Crippen LogP contribution in [0.1, 0.15) is 10.6 Å². The van der Waals surface area contributed by atoms with Crippen molar-refractivity contribution in [2.45, 2.75) is 6.10 Å². The maximum Gasteiger partial charge on any atom is 0.294 e. The van der Waals surface area contributed by atoms with Gasteiger partial charge in [0.1, 0.15) is 11.5 Å². The Kier molecular flexibility index (Phi) is 5.59. The molecule has 2 amide bonds. The molecule has 3 aromatic rings. The van der Waals surface area contributed by atoms with E-state index in [4.69, 9.17) is 25.5 Å². The number of amides is 2. The molecule has 0 unspecified atom stereocenters. The fraction of sp³-hybridized carbons (Fsp3) is 0.250. The Balaban J connectivity index is 1.43.